The molecule has 2 aromatic carbocycles. The zero-order valence-corrected chi connectivity index (χ0v) is 22.7. The number of amides is 1. The van der Waals surface area contributed by atoms with Crippen molar-refractivity contribution in [3.05, 3.63) is 84.4 Å². The van der Waals surface area contributed by atoms with Crippen LogP contribution in [0.15, 0.2) is 83.0 Å². The van der Waals surface area contributed by atoms with Gasteiger partial charge in [0.2, 0.25) is 17.8 Å². The van der Waals surface area contributed by atoms with Crippen LogP contribution >= 0.6 is 11.8 Å². The zero-order chi connectivity index (χ0) is 27.6. The van der Waals surface area contributed by atoms with Gasteiger partial charge in [-0.2, -0.15) is 15.0 Å². The second-order valence-electron chi connectivity index (χ2n) is 9.04. The number of anilines is 3. The molecule has 9 nitrogen and oxygen atoms in total. The van der Waals surface area contributed by atoms with Crippen LogP contribution in [-0.4, -0.2) is 39.0 Å². The van der Waals surface area contributed by atoms with E-state index >= 15 is 0 Å². The summed E-state index contributed by atoms with van der Waals surface area (Å²) in [6.07, 6.45) is 2.23. The van der Waals surface area contributed by atoms with E-state index in [-0.39, 0.29) is 29.5 Å². The number of aromatic nitrogens is 4. The minimum absolute atomic E-state index is 0.196. The third-order valence-electron chi connectivity index (χ3n) is 5.46. The number of halogens is 1. The van der Waals surface area contributed by atoms with Gasteiger partial charge in [0, 0.05) is 16.8 Å². The molecule has 1 amide bonds. The molecule has 0 bridgehead atoms. The Kier molecular flexibility index (Phi) is 9.63. The van der Waals surface area contributed by atoms with Gasteiger partial charge in [-0.25, -0.2) is 4.39 Å². The third kappa shape index (κ3) is 8.64. The van der Waals surface area contributed by atoms with Crippen molar-refractivity contribution in [3.63, 3.8) is 0 Å². The number of nitrogens with zero attached hydrogens (tertiary/aromatic N) is 4. The fourth-order valence-electron chi connectivity index (χ4n) is 3.63. The minimum atomic E-state index is -0.600. The number of carbonyl (C=O) groups is 1. The van der Waals surface area contributed by atoms with E-state index in [2.05, 4.69) is 35.9 Å². The Morgan fingerprint density at radius 2 is 1.79 bits per heavy atom. The lowest BCUT2D eigenvalue weighted by Gasteiger charge is -2.20. The number of methoxy groups -OCH3 is 1. The Hall–Kier alpha value is -4.25. The molecule has 1 atom stereocenters. The van der Waals surface area contributed by atoms with Crippen LogP contribution < -0.4 is 20.7 Å². The molecule has 0 aliphatic carbocycles. The Morgan fingerprint density at radius 1 is 1.00 bits per heavy atom. The molecule has 0 aliphatic heterocycles. The van der Waals surface area contributed by atoms with Gasteiger partial charge in [0.25, 0.3) is 0 Å². The van der Waals surface area contributed by atoms with Crippen molar-refractivity contribution >= 4 is 35.3 Å². The fourth-order valence-corrected chi connectivity index (χ4v) is 4.38. The Labute approximate surface area is 231 Å². The number of ether oxygens (including phenoxy) is 1. The molecule has 2 aromatic heterocycles. The van der Waals surface area contributed by atoms with Crippen LogP contribution in [0.1, 0.15) is 26.0 Å². The molecule has 0 saturated heterocycles. The predicted molar refractivity (Wildman–Crippen MR) is 150 cm³/mol. The second kappa shape index (κ2) is 13.5. The lowest BCUT2D eigenvalue weighted by molar-refractivity contribution is -0.122. The SMILES string of the molecule is COc1ccc(Sc2nc(Nc3cccc(F)c3)nc(N[C@@H](CC(C)C)C(=O)NCc3ccccn3)n2)cc1. The van der Waals surface area contributed by atoms with Crippen LogP contribution in [0.25, 0.3) is 0 Å². The van der Waals surface area contributed by atoms with Crippen LogP contribution in [0.2, 0.25) is 0 Å². The first-order valence-corrected chi connectivity index (χ1v) is 13.2. The lowest BCUT2D eigenvalue weighted by Crippen LogP contribution is -2.40. The molecule has 39 heavy (non-hydrogen) atoms. The van der Waals surface area contributed by atoms with Crippen molar-refractivity contribution in [2.24, 2.45) is 5.92 Å². The zero-order valence-electron chi connectivity index (χ0n) is 21.9. The van der Waals surface area contributed by atoms with Crippen molar-refractivity contribution in [1.82, 2.24) is 25.3 Å². The number of benzene rings is 2. The average molecular weight is 548 g/mol. The van der Waals surface area contributed by atoms with Gasteiger partial charge in [0.15, 0.2) is 5.16 Å². The molecule has 4 aromatic rings. The van der Waals surface area contributed by atoms with Gasteiger partial charge in [-0.05, 0) is 78.7 Å². The molecule has 202 valence electrons. The summed E-state index contributed by atoms with van der Waals surface area (Å²) in [5, 5.41) is 9.56. The highest BCUT2D eigenvalue weighted by Crippen LogP contribution is 2.28. The number of rotatable bonds is 12. The molecule has 0 aliphatic rings. The van der Waals surface area contributed by atoms with Crippen molar-refractivity contribution in [2.75, 3.05) is 17.7 Å². The van der Waals surface area contributed by atoms with Gasteiger partial charge in [0.1, 0.15) is 17.6 Å². The van der Waals surface area contributed by atoms with Crippen molar-refractivity contribution in [1.29, 1.82) is 0 Å². The summed E-state index contributed by atoms with van der Waals surface area (Å²) in [4.78, 5) is 31.9. The number of pyridine rings is 1. The fraction of sp³-hybridized carbons (Fsp3) is 0.250. The summed E-state index contributed by atoms with van der Waals surface area (Å²) in [6.45, 7) is 4.38. The van der Waals surface area contributed by atoms with Gasteiger partial charge >= 0.3 is 0 Å². The first-order chi connectivity index (χ1) is 18.9. The maximum absolute atomic E-state index is 13.8. The molecule has 3 N–H and O–H groups in total. The van der Waals surface area contributed by atoms with Crippen molar-refractivity contribution < 1.29 is 13.9 Å². The van der Waals surface area contributed by atoms with E-state index in [4.69, 9.17) is 4.74 Å². The monoisotopic (exact) mass is 547 g/mol. The quantitative estimate of drug-likeness (QED) is 0.213. The molecular formula is C28H30FN7O2S. The lowest BCUT2D eigenvalue weighted by atomic mass is 10.0. The molecule has 4 rings (SSSR count). The standard InChI is InChI=1S/C28H30FN7O2S/c1-18(2)15-24(25(37)31-17-21-8-4-5-14-30-21)33-27-34-26(32-20-9-6-7-19(29)16-20)35-28(36-27)39-23-12-10-22(38-3)11-13-23/h4-14,16,18,24H,15,17H2,1-3H3,(H,31,37)(H2,32,33,34,35,36)/t24-/m0/s1. The summed E-state index contributed by atoms with van der Waals surface area (Å²) in [5.41, 5.74) is 1.24. The molecule has 0 radical (unpaired) electrons. The highest BCUT2D eigenvalue weighted by Gasteiger charge is 2.22. The van der Waals surface area contributed by atoms with Crippen LogP contribution in [0.5, 0.6) is 5.75 Å². The Morgan fingerprint density at radius 3 is 2.49 bits per heavy atom. The number of hydrogen-bond donors (Lipinski definition) is 3. The molecule has 2 heterocycles. The first kappa shape index (κ1) is 27.8. The minimum Gasteiger partial charge on any atom is -0.497 e. The first-order valence-electron chi connectivity index (χ1n) is 12.4. The smallest absolute Gasteiger partial charge is 0.242 e. The van der Waals surface area contributed by atoms with E-state index in [0.29, 0.717) is 23.8 Å². The highest BCUT2D eigenvalue weighted by atomic mass is 32.2. The van der Waals surface area contributed by atoms with E-state index < -0.39 is 6.04 Å². The van der Waals surface area contributed by atoms with E-state index in [1.807, 2.05) is 56.3 Å². The Bertz CT molecular complexity index is 1370. The summed E-state index contributed by atoms with van der Waals surface area (Å²) in [6, 6.07) is 18.4. The van der Waals surface area contributed by atoms with Crippen molar-refractivity contribution in [2.45, 2.75) is 42.9 Å². The molecule has 0 spiro atoms. The average Bonchev–Trinajstić information content (AvgIpc) is 2.92. The van der Waals surface area contributed by atoms with Gasteiger partial charge < -0.3 is 20.7 Å². The number of nitrogens with one attached hydrogen (secondary N) is 3. The molecule has 0 unspecified atom stereocenters. The van der Waals surface area contributed by atoms with Crippen LogP contribution in [0.4, 0.5) is 22.0 Å². The summed E-state index contributed by atoms with van der Waals surface area (Å²) >= 11 is 1.33. The van der Waals surface area contributed by atoms with Gasteiger partial charge in [-0.3, -0.25) is 9.78 Å². The van der Waals surface area contributed by atoms with Crippen molar-refractivity contribution in [3.8, 4) is 5.75 Å². The van der Waals surface area contributed by atoms with E-state index in [1.54, 1.807) is 25.4 Å². The summed E-state index contributed by atoms with van der Waals surface area (Å²) < 4.78 is 19.0. The maximum Gasteiger partial charge on any atom is 0.242 e. The third-order valence-corrected chi connectivity index (χ3v) is 6.33. The Balaban J connectivity index is 1.58. The molecule has 0 fully saturated rings. The van der Waals surface area contributed by atoms with Gasteiger partial charge in [-0.1, -0.05) is 26.0 Å². The number of carbonyl (C=O) groups excluding carboxylic acids is 1. The topological polar surface area (TPSA) is 114 Å². The van der Waals surface area contributed by atoms with Gasteiger partial charge in [-0.15, -0.1) is 0 Å². The molecule has 0 saturated carbocycles. The largest absolute Gasteiger partial charge is 0.497 e. The highest BCUT2D eigenvalue weighted by molar-refractivity contribution is 7.99. The second-order valence-corrected chi connectivity index (χ2v) is 10.1. The summed E-state index contributed by atoms with van der Waals surface area (Å²) in [7, 11) is 1.61. The van der Waals surface area contributed by atoms with E-state index in [0.717, 1.165) is 16.3 Å². The van der Waals surface area contributed by atoms with Gasteiger partial charge in [0.05, 0.1) is 19.3 Å². The predicted octanol–water partition coefficient (Wildman–Crippen LogP) is 5.45. The normalized spacial score (nSPS) is 11.6. The van der Waals surface area contributed by atoms with Crippen LogP contribution in [0.3, 0.4) is 0 Å². The van der Waals surface area contributed by atoms with E-state index in [1.165, 1.54) is 23.9 Å². The molecule has 11 heteroatoms. The summed E-state index contributed by atoms with van der Waals surface area (Å²) in [5.74, 6) is 0.812. The molecular weight excluding hydrogens is 517 g/mol. The van der Waals surface area contributed by atoms with Crippen LogP contribution in [0, 0.1) is 11.7 Å². The van der Waals surface area contributed by atoms with Crippen LogP contribution in [-0.2, 0) is 11.3 Å². The number of hydrogen-bond acceptors (Lipinski definition) is 9. The van der Waals surface area contributed by atoms with E-state index in [9.17, 15) is 9.18 Å². The maximum atomic E-state index is 13.8.